The summed E-state index contributed by atoms with van der Waals surface area (Å²) in [6, 6.07) is 11.5. The summed E-state index contributed by atoms with van der Waals surface area (Å²) in [5.74, 6) is -0.711. The van der Waals surface area contributed by atoms with E-state index in [4.69, 9.17) is 23.7 Å². The maximum absolute atomic E-state index is 10.9. The molecule has 0 saturated heterocycles. The zero-order valence-electron chi connectivity index (χ0n) is 20.0. The van der Waals surface area contributed by atoms with Gasteiger partial charge in [0.05, 0.1) is 6.42 Å². The second-order valence-electron chi connectivity index (χ2n) is 9.47. The lowest BCUT2D eigenvalue weighted by atomic mass is 9.71. The van der Waals surface area contributed by atoms with Crippen LogP contribution >= 0.6 is 0 Å². The van der Waals surface area contributed by atoms with Gasteiger partial charge in [-0.25, -0.2) is 23.2 Å². The number of anilines is 1. The molecule has 34 heavy (non-hydrogen) atoms. The summed E-state index contributed by atoms with van der Waals surface area (Å²) in [5, 5.41) is 11.6. The fourth-order valence-corrected chi connectivity index (χ4v) is 4.84. The first-order chi connectivity index (χ1) is 15.8. The summed E-state index contributed by atoms with van der Waals surface area (Å²) in [7, 11) is -0.777. The Bertz CT molecular complexity index is 1200. The van der Waals surface area contributed by atoms with Crippen LogP contribution in [-0.4, -0.2) is 38.3 Å². The van der Waals surface area contributed by atoms with Crippen molar-refractivity contribution in [2.45, 2.75) is 44.9 Å². The van der Waals surface area contributed by atoms with Crippen molar-refractivity contribution in [3.05, 3.63) is 63.2 Å². The third-order valence-electron chi connectivity index (χ3n) is 6.50. The quantitative estimate of drug-likeness (QED) is 0.468. The SMILES string of the molecule is CN(C)c1ccc2c(c1)C(C)(C)c1cc3c(cc1=C2)CCC[N+]=3CCCC(=O)O.[O-][Cl+3]([O-])([O-])[O-]. The number of benzene rings is 2. The van der Waals surface area contributed by atoms with Crippen LogP contribution in [-0.2, 0) is 16.6 Å². The second-order valence-corrected chi connectivity index (χ2v) is 10.2. The molecule has 2 aromatic rings. The van der Waals surface area contributed by atoms with Gasteiger partial charge in [0.1, 0.15) is 13.1 Å². The second kappa shape index (κ2) is 10.0. The molecule has 9 heteroatoms. The maximum Gasteiger partial charge on any atom is 0.303 e. The first-order valence-electron chi connectivity index (χ1n) is 11.2. The molecule has 2 aliphatic rings. The van der Waals surface area contributed by atoms with Crippen molar-refractivity contribution in [1.82, 2.24) is 4.58 Å². The Balaban J connectivity index is 0.000000588. The van der Waals surface area contributed by atoms with Crippen LogP contribution < -0.4 is 38.7 Å². The number of carbonyl (C=O) groups is 1. The van der Waals surface area contributed by atoms with Gasteiger partial charge in [-0.15, -0.1) is 10.2 Å². The number of fused-ring (bicyclic) bond motifs is 3. The molecule has 0 bridgehead atoms. The minimum Gasteiger partial charge on any atom is -0.481 e. The van der Waals surface area contributed by atoms with Crippen molar-refractivity contribution < 1.29 is 38.8 Å². The number of carboxylic acids is 1. The molecule has 0 aromatic heterocycles. The van der Waals surface area contributed by atoms with Crippen LogP contribution in [0.1, 0.15) is 55.4 Å². The van der Waals surface area contributed by atoms with Crippen LogP contribution in [0.5, 0.6) is 0 Å². The van der Waals surface area contributed by atoms with Crippen molar-refractivity contribution in [2.75, 3.05) is 32.1 Å². The summed E-state index contributed by atoms with van der Waals surface area (Å²) in [5.41, 5.74) is 6.58. The fraction of sp³-hybridized carbons (Fsp3) is 0.440. The van der Waals surface area contributed by atoms with Gasteiger partial charge in [0.2, 0.25) is 5.36 Å². The number of carboxylic acid groups (broad SMARTS) is 1. The summed E-state index contributed by atoms with van der Waals surface area (Å²) < 4.78 is 36.4. The Morgan fingerprint density at radius 2 is 1.79 bits per heavy atom. The molecule has 1 heterocycles. The van der Waals surface area contributed by atoms with Crippen molar-refractivity contribution in [3.8, 4) is 0 Å². The molecule has 1 aliphatic heterocycles. The fourth-order valence-electron chi connectivity index (χ4n) is 4.84. The molecular weight excluding hydrogens is 460 g/mol. The van der Waals surface area contributed by atoms with E-state index in [0.717, 1.165) is 25.9 Å². The van der Waals surface area contributed by atoms with Crippen LogP contribution in [0.3, 0.4) is 0 Å². The Hall–Kier alpha value is -2.49. The van der Waals surface area contributed by atoms with E-state index in [9.17, 15) is 4.79 Å². The lowest BCUT2D eigenvalue weighted by Crippen LogP contribution is -2.68. The van der Waals surface area contributed by atoms with E-state index in [1.807, 2.05) is 0 Å². The van der Waals surface area contributed by atoms with E-state index in [2.05, 4.69) is 73.8 Å². The highest BCUT2D eigenvalue weighted by molar-refractivity contribution is 5.68. The van der Waals surface area contributed by atoms with Crippen molar-refractivity contribution in [1.29, 1.82) is 0 Å². The smallest absolute Gasteiger partial charge is 0.303 e. The Labute approximate surface area is 201 Å². The van der Waals surface area contributed by atoms with Gasteiger partial charge in [-0.3, -0.25) is 4.79 Å². The van der Waals surface area contributed by atoms with Crippen molar-refractivity contribution in [3.63, 3.8) is 0 Å². The molecule has 0 atom stereocenters. The Morgan fingerprint density at radius 3 is 2.41 bits per heavy atom. The van der Waals surface area contributed by atoms with E-state index in [-0.39, 0.29) is 11.8 Å². The predicted octanol–water partition coefficient (Wildman–Crippen LogP) is -2.23. The molecule has 0 unspecified atom stereocenters. The normalized spacial score (nSPS) is 15.7. The van der Waals surface area contributed by atoms with E-state index in [0.29, 0.717) is 6.42 Å². The molecule has 1 aliphatic carbocycles. The van der Waals surface area contributed by atoms with Gasteiger partial charge in [0, 0.05) is 49.7 Å². The van der Waals surface area contributed by atoms with Crippen molar-refractivity contribution in [2.24, 2.45) is 0 Å². The molecular formula is C25H31ClN2O6. The van der Waals surface area contributed by atoms with Crippen molar-refractivity contribution >= 4 is 17.7 Å². The number of halogens is 1. The number of aryl methyl sites for hydroxylation is 1. The minimum absolute atomic E-state index is 0.0787. The maximum atomic E-state index is 10.9. The largest absolute Gasteiger partial charge is 0.481 e. The summed E-state index contributed by atoms with van der Waals surface area (Å²) in [4.78, 5) is 13.1. The summed E-state index contributed by atoms with van der Waals surface area (Å²) in [6.45, 7) is 6.46. The molecule has 8 nitrogen and oxygen atoms in total. The average Bonchev–Trinajstić information content (AvgIpc) is 2.71. The molecule has 0 saturated carbocycles. The van der Waals surface area contributed by atoms with Gasteiger partial charge < -0.3 is 10.0 Å². The first-order valence-corrected chi connectivity index (χ1v) is 12.4. The Kier molecular flexibility index (Phi) is 7.69. The number of nitrogens with zero attached hydrogens (tertiary/aromatic N) is 2. The van der Waals surface area contributed by atoms with Gasteiger partial charge in [-0.1, -0.05) is 19.9 Å². The minimum atomic E-state index is -4.94. The van der Waals surface area contributed by atoms with E-state index < -0.39 is 16.2 Å². The molecule has 2 aromatic carbocycles. The molecule has 0 amide bonds. The lowest BCUT2D eigenvalue weighted by molar-refractivity contribution is -2.00. The van der Waals surface area contributed by atoms with Crippen LogP contribution in [0.25, 0.3) is 6.08 Å². The molecule has 4 rings (SSSR count). The molecule has 1 N–H and O–H groups in total. The van der Waals surface area contributed by atoms with Crippen LogP contribution in [0.15, 0.2) is 30.3 Å². The molecule has 0 radical (unpaired) electrons. The third kappa shape index (κ3) is 6.14. The highest BCUT2D eigenvalue weighted by Crippen LogP contribution is 2.36. The first kappa shape index (κ1) is 26.1. The molecule has 0 fully saturated rings. The zero-order chi connectivity index (χ0) is 25.3. The predicted molar refractivity (Wildman–Crippen MR) is 118 cm³/mol. The topological polar surface area (TPSA) is 136 Å². The summed E-state index contributed by atoms with van der Waals surface area (Å²) >= 11 is 0. The highest BCUT2D eigenvalue weighted by atomic mass is 35.7. The standard InChI is InChI=1S/C25H30N2O2.ClHO4/c1-25(2)21-15-20(26(3)4)10-9-17(21)13-19-14-18-7-5-11-27(12-6-8-24(28)29)23(18)16-22(19)25;2-1(3,4)5/h9-10,13-16H,5-8,11-12H2,1-4H3;(H,2,3,4,5). The lowest BCUT2D eigenvalue weighted by Gasteiger charge is -2.33. The highest BCUT2D eigenvalue weighted by Gasteiger charge is 2.31. The zero-order valence-corrected chi connectivity index (χ0v) is 20.7. The third-order valence-corrected chi connectivity index (χ3v) is 6.50. The number of rotatable bonds is 5. The summed E-state index contributed by atoms with van der Waals surface area (Å²) in [6.07, 6.45) is 5.48. The van der Waals surface area contributed by atoms with Crippen LogP contribution in [0, 0.1) is 10.2 Å². The molecule has 184 valence electrons. The van der Waals surface area contributed by atoms with Crippen LogP contribution in [0.2, 0.25) is 0 Å². The van der Waals surface area contributed by atoms with Gasteiger partial charge in [-0.2, -0.15) is 0 Å². The van der Waals surface area contributed by atoms with Crippen LogP contribution in [0.4, 0.5) is 5.69 Å². The van der Waals surface area contributed by atoms with Gasteiger partial charge in [0.25, 0.3) is 0 Å². The van der Waals surface area contributed by atoms with E-state index >= 15 is 0 Å². The Morgan fingerprint density at radius 1 is 1.12 bits per heavy atom. The van der Waals surface area contributed by atoms with Gasteiger partial charge in [0.15, 0.2) is 0 Å². The number of aliphatic carboxylic acids is 1. The van der Waals surface area contributed by atoms with Gasteiger partial charge in [-0.05, 0) is 52.6 Å². The monoisotopic (exact) mass is 490 g/mol. The van der Waals surface area contributed by atoms with Gasteiger partial charge >= 0.3 is 5.97 Å². The average molecular weight is 491 g/mol. The van der Waals surface area contributed by atoms with E-state index in [1.54, 1.807) is 0 Å². The molecule has 0 spiro atoms. The van der Waals surface area contributed by atoms with E-state index in [1.165, 1.54) is 38.5 Å². The number of hydrogen-bond acceptors (Lipinski definition) is 6. The number of hydrogen-bond donors (Lipinski definition) is 1.